The molecule has 1 N–H and O–H groups in total. The van der Waals surface area contributed by atoms with E-state index in [4.69, 9.17) is 9.47 Å². The summed E-state index contributed by atoms with van der Waals surface area (Å²) < 4.78 is 14.6. The first-order chi connectivity index (χ1) is 8.21. The summed E-state index contributed by atoms with van der Waals surface area (Å²) in [6.45, 7) is 0. The van der Waals surface area contributed by atoms with Gasteiger partial charge in [-0.3, -0.25) is 0 Å². The van der Waals surface area contributed by atoms with Crippen LogP contribution in [-0.2, 0) is 4.74 Å². The Hall–Kier alpha value is -2.24. The predicted molar refractivity (Wildman–Crippen MR) is 62.7 cm³/mol. The van der Waals surface area contributed by atoms with Crippen molar-refractivity contribution in [3.05, 3.63) is 23.8 Å². The average molecular weight is 238 g/mol. The first kappa shape index (κ1) is 12.8. The lowest BCUT2D eigenvalue weighted by Gasteiger charge is -2.07. The predicted octanol–water partition coefficient (Wildman–Crippen LogP) is 1.39. The first-order valence-corrected chi connectivity index (χ1v) is 4.80. The zero-order chi connectivity index (χ0) is 12.7. The summed E-state index contributed by atoms with van der Waals surface area (Å²) in [4.78, 5) is 10.7. The van der Waals surface area contributed by atoms with Gasteiger partial charge in [0.2, 0.25) is 0 Å². The number of benzene rings is 1. The highest BCUT2D eigenvalue weighted by atomic mass is 16.5. The highest BCUT2D eigenvalue weighted by Crippen LogP contribution is 2.26. The molecular weight excluding hydrogens is 224 g/mol. The minimum Gasteiger partial charge on any atom is -0.493 e. The van der Waals surface area contributed by atoms with E-state index in [1.807, 2.05) is 0 Å². The molecule has 1 amide bonds. The van der Waals surface area contributed by atoms with Gasteiger partial charge in [-0.25, -0.2) is 10.2 Å². The molecule has 0 fully saturated rings. The standard InChI is InChI=1S/C11H14N2O4/c1-15-9-5-4-8(6-10(9)16-2)7-12-13-11(14)17-3/h4-7H,1-3H3,(H,13,14)/b12-7+. The Morgan fingerprint density at radius 3 is 2.53 bits per heavy atom. The largest absolute Gasteiger partial charge is 0.493 e. The van der Waals surface area contributed by atoms with E-state index in [1.165, 1.54) is 13.3 Å². The van der Waals surface area contributed by atoms with Gasteiger partial charge in [-0.05, 0) is 23.8 Å². The molecule has 17 heavy (non-hydrogen) atoms. The molecule has 1 rings (SSSR count). The van der Waals surface area contributed by atoms with E-state index >= 15 is 0 Å². The molecule has 0 aliphatic heterocycles. The smallest absolute Gasteiger partial charge is 0.427 e. The maximum absolute atomic E-state index is 10.7. The van der Waals surface area contributed by atoms with Crippen molar-refractivity contribution >= 4 is 12.3 Å². The van der Waals surface area contributed by atoms with Crippen molar-refractivity contribution in [2.45, 2.75) is 0 Å². The number of hydrazone groups is 1. The summed E-state index contributed by atoms with van der Waals surface area (Å²) in [6, 6.07) is 5.27. The Morgan fingerprint density at radius 1 is 1.24 bits per heavy atom. The van der Waals surface area contributed by atoms with Crippen LogP contribution in [0, 0.1) is 0 Å². The SMILES string of the molecule is COC(=O)N/N=C/c1ccc(OC)c(OC)c1. The second kappa shape index (κ2) is 6.37. The van der Waals surface area contributed by atoms with Crippen molar-refractivity contribution in [1.29, 1.82) is 0 Å². The van der Waals surface area contributed by atoms with Crippen molar-refractivity contribution in [3.8, 4) is 11.5 Å². The minimum atomic E-state index is -0.623. The number of rotatable bonds is 4. The molecule has 0 radical (unpaired) electrons. The fraction of sp³-hybridized carbons (Fsp3) is 0.273. The van der Waals surface area contributed by atoms with Crippen molar-refractivity contribution in [1.82, 2.24) is 5.43 Å². The molecular formula is C11H14N2O4. The van der Waals surface area contributed by atoms with Crippen LogP contribution in [0.3, 0.4) is 0 Å². The van der Waals surface area contributed by atoms with Crippen molar-refractivity contribution in [3.63, 3.8) is 0 Å². The van der Waals surface area contributed by atoms with Gasteiger partial charge in [-0.15, -0.1) is 0 Å². The van der Waals surface area contributed by atoms with E-state index in [1.54, 1.807) is 32.4 Å². The molecule has 0 atom stereocenters. The van der Waals surface area contributed by atoms with Crippen molar-refractivity contribution in [2.75, 3.05) is 21.3 Å². The third kappa shape index (κ3) is 3.67. The van der Waals surface area contributed by atoms with Gasteiger partial charge in [0, 0.05) is 0 Å². The molecule has 1 aromatic carbocycles. The van der Waals surface area contributed by atoms with Gasteiger partial charge in [0.1, 0.15) is 0 Å². The Kier molecular flexibility index (Phi) is 4.80. The molecule has 0 aliphatic carbocycles. The molecule has 6 nitrogen and oxygen atoms in total. The molecule has 0 unspecified atom stereocenters. The normalized spacial score (nSPS) is 10.1. The number of hydrogen-bond donors (Lipinski definition) is 1. The number of nitrogens with zero attached hydrogens (tertiary/aromatic N) is 1. The van der Waals surface area contributed by atoms with Crippen LogP contribution in [0.2, 0.25) is 0 Å². The monoisotopic (exact) mass is 238 g/mol. The van der Waals surface area contributed by atoms with Gasteiger partial charge in [0.15, 0.2) is 11.5 Å². The van der Waals surface area contributed by atoms with Gasteiger partial charge in [0.05, 0.1) is 27.5 Å². The quantitative estimate of drug-likeness (QED) is 0.635. The molecule has 0 bridgehead atoms. The summed E-state index contributed by atoms with van der Waals surface area (Å²) in [7, 11) is 4.37. The van der Waals surface area contributed by atoms with Crippen LogP contribution in [-0.4, -0.2) is 33.6 Å². The van der Waals surface area contributed by atoms with Crippen LogP contribution in [0.25, 0.3) is 0 Å². The number of ether oxygens (including phenoxy) is 3. The number of hydrogen-bond acceptors (Lipinski definition) is 5. The van der Waals surface area contributed by atoms with Gasteiger partial charge < -0.3 is 14.2 Å². The number of methoxy groups -OCH3 is 3. The van der Waals surface area contributed by atoms with Gasteiger partial charge in [-0.1, -0.05) is 0 Å². The van der Waals surface area contributed by atoms with E-state index in [2.05, 4.69) is 15.3 Å². The number of amides is 1. The lowest BCUT2D eigenvalue weighted by Crippen LogP contribution is -2.16. The average Bonchev–Trinajstić information content (AvgIpc) is 2.38. The topological polar surface area (TPSA) is 69.2 Å². The summed E-state index contributed by atoms with van der Waals surface area (Å²) in [6.07, 6.45) is 0.848. The molecule has 0 spiro atoms. The van der Waals surface area contributed by atoms with Gasteiger partial charge in [0.25, 0.3) is 0 Å². The molecule has 6 heteroatoms. The van der Waals surface area contributed by atoms with E-state index in [-0.39, 0.29) is 0 Å². The highest BCUT2D eigenvalue weighted by Gasteiger charge is 2.03. The van der Waals surface area contributed by atoms with E-state index in [0.717, 1.165) is 5.56 Å². The van der Waals surface area contributed by atoms with Crippen molar-refractivity contribution < 1.29 is 19.0 Å². The van der Waals surface area contributed by atoms with Crippen LogP contribution in [0.15, 0.2) is 23.3 Å². The Balaban J connectivity index is 2.75. The second-order valence-electron chi connectivity index (χ2n) is 2.98. The minimum absolute atomic E-state index is 0.592. The van der Waals surface area contributed by atoms with Gasteiger partial charge >= 0.3 is 6.09 Å². The fourth-order valence-electron chi connectivity index (χ4n) is 1.14. The Morgan fingerprint density at radius 2 is 1.94 bits per heavy atom. The van der Waals surface area contributed by atoms with Crippen LogP contribution in [0.4, 0.5) is 4.79 Å². The summed E-state index contributed by atoms with van der Waals surface area (Å²) >= 11 is 0. The maximum atomic E-state index is 10.7. The molecule has 0 saturated carbocycles. The van der Waals surface area contributed by atoms with Crippen LogP contribution in [0.5, 0.6) is 11.5 Å². The molecule has 92 valence electrons. The second-order valence-corrected chi connectivity index (χ2v) is 2.98. The zero-order valence-electron chi connectivity index (χ0n) is 9.89. The molecule has 0 saturated heterocycles. The zero-order valence-corrected chi connectivity index (χ0v) is 9.89. The molecule has 0 aliphatic rings. The third-order valence-corrected chi connectivity index (χ3v) is 1.96. The third-order valence-electron chi connectivity index (χ3n) is 1.96. The fourth-order valence-corrected chi connectivity index (χ4v) is 1.14. The van der Waals surface area contributed by atoms with Crippen LogP contribution >= 0.6 is 0 Å². The number of carbonyl (C=O) groups is 1. The number of carbonyl (C=O) groups excluding carboxylic acids is 1. The Labute approximate surface area is 99.2 Å². The van der Waals surface area contributed by atoms with Crippen molar-refractivity contribution in [2.24, 2.45) is 5.10 Å². The van der Waals surface area contributed by atoms with E-state index in [0.29, 0.717) is 11.5 Å². The summed E-state index contributed by atoms with van der Waals surface area (Å²) in [5, 5.41) is 3.70. The molecule has 0 aromatic heterocycles. The summed E-state index contributed by atoms with van der Waals surface area (Å²) in [5.74, 6) is 1.22. The molecule has 0 heterocycles. The van der Waals surface area contributed by atoms with Crippen LogP contribution in [0.1, 0.15) is 5.56 Å². The lowest BCUT2D eigenvalue weighted by atomic mass is 10.2. The van der Waals surface area contributed by atoms with E-state index in [9.17, 15) is 4.79 Å². The number of nitrogens with one attached hydrogen (secondary N) is 1. The maximum Gasteiger partial charge on any atom is 0.427 e. The summed E-state index contributed by atoms with van der Waals surface area (Å²) in [5.41, 5.74) is 2.95. The lowest BCUT2D eigenvalue weighted by molar-refractivity contribution is 0.171. The Bertz CT molecular complexity index is 418. The molecule has 1 aromatic rings. The van der Waals surface area contributed by atoms with Gasteiger partial charge in [-0.2, -0.15) is 5.10 Å². The van der Waals surface area contributed by atoms with E-state index < -0.39 is 6.09 Å². The first-order valence-electron chi connectivity index (χ1n) is 4.80. The highest BCUT2D eigenvalue weighted by molar-refractivity contribution is 5.82. The van der Waals surface area contributed by atoms with Crippen LogP contribution < -0.4 is 14.9 Å².